The molecule has 0 saturated carbocycles. The first-order chi connectivity index (χ1) is 8.74. The number of nitrogens with two attached hydrogens (primary N) is 1. The molecule has 5 N–H and O–H groups in total. The van der Waals surface area contributed by atoms with Crippen molar-refractivity contribution in [2.24, 2.45) is 5.73 Å². The van der Waals surface area contributed by atoms with Crippen LogP contribution in [-0.4, -0.2) is 35.7 Å². The number of rotatable bonds is 5. The molecular formula is C10H13F3N4O2. The fourth-order valence-electron chi connectivity index (χ4n) is 1.21. The number of primary amides is 1. The van der Waals surface area contributed by atoms with Crippen LogP contribution in [0.5, 0.6) is 0 Å². The van der Waals surface area contributed by atoms with Crippen LogP contribution in [0, 0.1) is 0 Å². The Morgan fingerprint density at radius 3 is 2.53 bits per heavy atom. The van der Waals surface area contributed by atoms with Gasteiger partial charge in [0.15, 0.2) is 0 Å². The molecule has 0 aliphatic rings. The van der Waals surface area contributed by atoms with Gasteiger partial charge in [-0.3, -0.25) is 4.79 Å². The average Bonchev–Trinajstić information content (AvgIpc) is 2.34. The Hall–Kier alpha value is -2.03. The summed E-state index contributed by atoms with van der Waals surface area (Å²) < 4.78 is 37.8. The van der Waals surface area contributed by atoms with Gasteiger partial charge in [-0.2, -0.15) is 13.2 Å². The van der Waals surface area contributed by atoms with E-state index in [4.69, 9.17) is 10.8 Å². The van der Waals surface area contributed by atoms with Crippen LogP contribution in [0.3, 0.4) is 0 Å². The van der Waals surface area contributed by atoms with E-state index in [1.54, 1.807) is 0 Å². The van der Waals surface area contributed by atoms with E-state index in [1.165, 1.54) is 7.05 Å². The maximum absolute atomic E-state index is 12.6. The summed E-state index contributed by atoms with van der Waals surface area (Å²) in [5, 5.41) is 14.0. The summed E-state index contributed by atoms with van der Waals surface area (Å²) in [6.45, 7) is -0.327. The van der Waals surface area contributed by atoms with Crippen molar-refractivity contribution in [3.05, 3.63) is 17.7 Å². The first kappa shape index (κ1) is 15.0. The van der Waals surface area contributed by atoms with Crippen LogP contribution < -0.4 is 16.4 Å². The number of hydrogen-bond acceptors (Lipinski definition) is 5. The molecule has 1 aromatic rings. The van der Waals surface area contributed by atoms with Gasteiger partial charge < -0.3 is 21.5 Å². The second-order valence-corrected chi connectivity index (χ2v) is 3.67. The highest BCUT2D eigenvalue weighted by Crippen LogP contribution is 2.31. The first-order valence-corrected chi connectivity index (χ1v) is 5.22. The third-order valence-electron chi connectivity index (χ3n) is 2.21. The summed E-state index contributed by atoms with van der Waals surface area (Å²) in [7, 11) is 1.42. The molecule has 1 heterocycles. The van der Waals surface area contributed by atoms with Gasteiger partial charge in [0, 0.05) is 7.05 Å². The molecule has 9 heteroatoms. The van der Waals surface area contributed by atoms with Gasteiger partial charge in [0.25, 0.3) is 0 Å². The van der Waals surface area contributed by atoms with Crippen LogP contribution in [-0.2, 0) is 11.0 Å². The van der Waals surface area contributed by atoms with Crippen LogP contribution in [0.15, 0.2) is 12.1 Å². The van der Waals surface area contributed by atoms with Gasteiger partial charge in [0.05, 0.1) is 12.1 Å². The molecule has 0 aliphatic heterocycles. The topological polar surface area (TPSA) is 100 Å². The number of hydrogen-bond donors (Lipinski definition) is 4. The SMILES string of the molecule is CNc1cc(C(F)(F)F)cc(NCC(O)C(N)=O)n1. The Kier molecular flexibility index (Phi) is 4.54. The van der Waals surface area contributed by atoms with E-state index in [2.05, 4.69) is 15.6 Å². The molecule has 0 radical (unpaired) electrons. The Morgan fingerprint density at radius 2 is 2.05 bits per heavy atom. The van der Waals surface area contributed by atoms with Crippen LogP contribution in [0.4, 0.5) is 24.8 Å². The van der Waals surface area contributed by atoms with Crippen molar-refractivity contribution in [2.45, 2.75) is 12.3 Å². The third kappa shape index (κ3) is 4.28. The zero-order valence-electron chi connectivity index (χ0n) is 9.95. The van der Waals surface area contributed by atoms with E-state index >= 15 is 0 Å². The van der Waals surface area contributed by atoms with E-state index in [0.29, 0.717) is 0 Å². The number of anilines is 2. The average molecular weight is 278 g/mol. The molecule has 0 spiro atoms. The molecule has 1 rings (SSSR count). The fraction of sp³-hybridized carbons (Fsp3) is 0.400. The quantitative estimate of drug-likeness (QED) is 0.624. The van der Waals surface area contributed by atoms with Crippen molar-refractivity contribution < 1.29 is 23.1 Å². The van der Waals surface area contributed by atoms with Crippen molar-refractivity contribution in [1.82, 2.24) is 4.98 Å². The largest absolute Gasteiger partial charge is 0.416 e. The number of nitrogens with one attached hydrogen (secondary N) is 2. The smallest absolute Gasteiger partial charge is 0.381 e. The number of aromatic nitrogens is 1. The number of pyridine rings is 1. The van der Waals surface area contributed by atoms with Gasteiger partial charge in [-0.25, -0.2) is 4.98 Å². The highest BCUT2D eigenvalue weighted by molar-refractivity contribution is 5.79. The maximum atomic E-state index is 12.6. The van der Waals surface area contributed by atoms with Gasteiger partial charge in [-0.05, 0) is 12.1 Å². The molecule has 0 bridgehead atoms. The van der Waals surface area contributed by atoms with E-state index in [9.17, 15) is 18.0 Å². The maximum Gasteiger partial charge on any atom is 0.416 e. The first-order valence-electron chi connectivity index (χ1n) is 5.22. The van der Waals surface area contributed by atoms with Crippen LogP contribution >= 0.6 is 0 Å². The standard InChI is InChI=1S/C10H13F3N4O2/c1-15-7-2-5(10(11,12)13)3-8(17-7)16-4-6(18)9(14)19/h2-3,6,18H,4H2,1H3,(H2,14,19)(H2,15,16,17). The minimum absolute atomic E-state index is 0.00545. The number of aliphatic hydroxyl groups is 1. The predicted octanol–water partition coefficient (Wildman–Crippen LogP) is 0.400. The molecular weight excluding hydrogens is 265 g/mol. The van der Waals surface area contributed by atoms with Crippen LogP contribution in [0.1, 0.15) is 5.56 Å². The summed E-state index contributed by atoms with van der Waals surface area (Å²) in [6, 6.07) is 1.62. The summed E-state index contributed by atoms with van der Waals surface area (Å²) in [5.74, 6) is -1.10. The number of halogens is 3. The molecule has 0 fully saturated rings. The summed E-state index contributed by atoms with van der Waals surface area (Å²) in [5.41, 5.74) is 3.91. The van der Waals surface area contributed by atoms with Gasteiger partial charge in [-0.1, -0.05) is 0 Å². The normalized spacial score (nSPS) is 12.9. The lowest BCUT2D eigenvalue weighted by molar-refractivity contribution is -0.137. The molecule has 106 valence electrons. The molecule has 1 unspecified atom stereocenters. The summed E-state index contributed by atoms with van der Waals surface area (Å²) >= 11 is 0. The van der Waals surface area contributed by atoms with E-state index < -0.39 is 23.8 Å². The lowest BCUT2D eigenvalue weighted by atomic mass is 10.2. The van der Waals surface area contributed by atoms with E-state index in [1.807, 2.05) is 0 Å². The zero-order chi connectivity index (χ0) is 14.6. The fourth-order valence-corrected chi connectivity index (χ4v) is 1.21. The van der Waals surface area contributed by atoms with Crippen molar-refractivity contribution in [3.63, 3.8) is 0 Å². The molecule has 1 aromatic heterocycles. The lowest BCUT2D eigenvalue weighted by Gasteiger charge is -2.13. The van der Waals surface area contributed by atoms with Gasteiger partial charge in [0.2, 0.25) is 5.91 Å². The number of carbonyl (C=O) groups is 1. The van der Waals surface area contributed by atoms with Crippen LogP contribution in [0.2, 0.25) is 0 Å². The second-order valence-electron chi connectivity index (χ2n) is 3.67. The number of carbonyl (C=O) groups excluding carboxylic acids is 1. The van der Waals surface area contributed by atoms with Crippen molar-refractivity contribution in [1.29, 1.82) is 0 Å². The number of nitrogens with zero attached hydrogens (tertiary/aromatic N) is 1. The van der Waals surface area contributed by atoms with E-state index in [-0.39, 0.29) is 18.2 Å². The van der Waals surface area contributed by atoms with Crippen molar-refractivity contribution in [3.8, 4) is 0 Å². The number of amides is 1. The minimum atomic E-state index is -4.52. The summed E-state index contributed by atoms with van der Waals surface area (Å²) in [4.78, 5) is 14.4. The molecule has 0 saturated heterocycles. The van der Waals surface area contributed by atoms with Gasteiger partial charge >= 0.3 is 6.18 Å². The number of aliphatic hydroxyl groups excluding tert-OH is 1. The molecule has 6 nitrogen and oxygen atoms in total. The van der Waals surface area contributed by atoms with Crippen molar-refractivity contribution in [2.75, 3.05) is 24.2 Å². The van der Waals surface area contributed by atoms with E-state index in [0.717, 1.165) is 12.1 Å². The van der Waals surface area contributed by atoms with Gasteiger partial charge in [0.1, 0.15) is 17.7 Å². The molecule has 1 amide bonds. The van der Waals surface area contributed by atoms with Crippen molar-refractivity contribution >= 4 is 17.5 Å². The lowest BCUT2D eigenvalue weighted by Crippen LogP contribution is -2.34. The Labute approximate surface area is 106 Å². The molecule has 0 aliphatic carbocycles. The molecule has 1 atom stereocenters. The monoisotopic (exact) mass is 278 g/mol. The third-order valence-corrected chi connectivity index (χ3v) is 2.21. The Balaban J connectivity index is 2.92. The summed E-state index contributed by atoms with van der Waals surface area (Å²) in [6.07, 6.45) is -6.03. The Bertz CT molecular complexity index is 465. The molecule has 19 heavy (non-hydrogen) atoms. The minimum Gasteiger partial charge on any atom is -0.381 e. The highest BCUT2D eigenvalue weighted by atomic mass is 19.4. The number of alkyl halides is 3. The predicted molar refractivity (Wildman–Crippen MR) is 62.5 cm³/mol. The molecule has 0 aromatic carbocycles. The zero-order valence-corrected chi connectivity index (χ0v) is 9.95. The highest BCUT2D eigenvalue weighted by Gasteiger charge is 2.31. The van der Waals surface area contributed by atoms with Crippen LogP contribution in [0.25, 0.3) is 0 Å². The Morgan fingerprint density at radius 1 is 1.47 bits per heavy atom. The second kappa shape index (κ2) is 5.74. The van der Waals surface area contributed by atoms with Gasteiger partial charge in [-0.15, -0.1) is 0 Å².